The number of benzene rings is 1. The molecule has 0 fully saturated rings. The van der Waals surface area contributed by atoms with Gasteiger partial charge in [0.25, 0.3) is 5.56 Å². The second kappa shape index (κ2) is 4.73. The largest absolute Gasteiger partial charge is 0.357 e. The van der Waals surface area contributed by atoms with E-state index in [4.69, 9.17) is 0 Å². The first-order valence-electron chi connectivity index (χ1n) is 6.72. The number of likely N-dealkylation sites (N-methyl/N-ethyl adjacent to an activating group) is 1. The molecule has 0 spiro atoms. The van der Waals surface area contributed by atoms with Crippen LogP contribution in [0.4, 0.5) is 0 Å². The Hall–Kier alpha value is -2.63. The third-order valence-corrected chi connectivity index (χ3v) is 3.82. The Kier molecular flexibility index (Phi) is 3.01. The molecule has 0 aliphatic heterocycles. The lowest BCUT2D eigenvalue weighted by Crippen LogP contribution is -2.30. The van der Waals surface area contributed by atoms with Crippen LogP contribution < -0.4 is 10.9 Å². The van der Waals surface area contributed by atoms with Crippen molar-refractivity contribution >= 4 is 27.7 Å². The zero-order valence-electron chi connectivity index (χ0n) is 12.1. The number of aromatic nitrogens is 3. The van der Waals surface area contributed by atoms with E-state index in [1.54, 1.807) is 31.8 Å². The highest BCUT2D eigenvalue weighted by Gasteiger charge is 2.22. The van der Waals surface area contributed by atoms with Gasteiger partial charge < -0.3 is 9.88 Å². The van der Waals surface area contributed by atoms with Gasteiger partial charge in [-0.05, 0) is 13.0 Å². The molecule has 1 N–H and O–H groups in total. The molecule has 3 aromatic rings. The maximum Gasteiger partial charge on any atom is 0.291 e. The number of amides is 1. The Morgan fingerprint density at radius 1 is 1.29 bits per heavy atom. The lowest BCUT2D eigenvalue weighted by Gasteiger charge is -2.14. The number of carbonyl (C=O) groups is 1. The SMILES string of the molecule is CNC(=O)[C@@H](C)n1c2ccccc2c2cnn(C)c(=O)c21. The molecule has 6 nitrogen and oxygen atoms in total. The molecule has 2 heterocycles. The molecule has 3 rings (SSSR count). The molecular formula is C15H16N4O2. The predicted molar refractivity (Wildman–Crippen MR) is 81.3 cm³/mol. The van der Waals surface area contributed by atoms with Gasteiger partial charge >= 0.3 is 0 Å². The minimum atomic E-state index is -0.479. The molecule has 0 saturated carbocycles. The van der Waals surface area contributed by atoms with Crippen LogP contribution in [0.2, 0.25) is 0 Å². The van der Waals surface area contributed by atoms with Gasteiger partial charge in [0.15, 0.2) is 0 Å². The second-order valence-corrected chi connectivity index (χ2v) is 5.01. The summed E-state index contributed by atoms with van der Waals surface area (Å²) >= 11 is 0. The molecule has 6 heteroatoms. The molecule has 0 aliphatic rings. The quantitative estimate of drug-likeness (QED) is 0.768. The summed E-state index contributed by atoms with van der Waals surface area (Å²) < 4.78 is 3.07. The fourth-order valence-corrected chi connectivity index (χ4v) is 2.72. The summed E-state index contributed by atoms with van der Waals surface area (Å²) in [7, 11) is 3.20. The van der Waals surface area contributed by atoms with Crippen LogP contribution in [-0.4, -0.2) is 27.3 Å². The molecule has 1 aromatic carbocycles. The van der Waals surface area contributed by atoms with Crippen molar-refractivity contribution in [3.05, 3.63) is 40.8 Å². The first-order valence-corrected chi connectivity index (χ1v) is 6.72. The molecule has 21 heavy (non-hydrogen) atoms. The standard InChI is InChI=1S/C15H16N4O2/c1-9(14(20)16-2)19-12-7-5-4-6-10(12)11-8-17-18(3)15(21)13(11)19/h4-9H,1-3H3,(H,16,20)/t9-/m1/s1. The van der Waals surface area contributed by atoms with Crippen LogP contribution in [0.1, 0.15) is 13.0 Å². The highest BCUT2D eigenvalue weighted by atomic mass is 16.2. The van der Waals surface area contributed by atoms with Gasteiger partial charge in [0.2, 0.25) is 5.91 Å². The fraction of sp³-hybridized carbons (Fsp3) is 0.267. The van der Waals surface area contributed by atoms with E-state index in [0.29, 0.717) is 5.52 Å². The number of hydrogen-bond donors (Lipinski definition) is 1. The van der Waals surface area contributed by atoms with Crippen molar-refractivity contribution in [2.24, 2.45) is 7.05 Å². The third kappa shape index (κ3) is 1.83. The van der Waals surface area contributed by atoms with Gasteiger partial charge in [-0.1, -0.05) is 18.2 Å². The first-order chi connectivity index (χ1) is 10.1. The number of rotatable bonds is 2. The summed E-state index contributed by atoms with van der Waals surface area (Å²) in [5, 5.41) is 8.41. The fourth-order valence-electron chi connectivity index (χ4n) is 2.72. The monoisotopic (exact) mass is 284 g/mol. The van der Waals surface area contributed by atoms with Crippen LogP contribution in [0.15, 0.2) is 35.3 Å². The number of para-hydroxylation sites is 1. The number of carbonyl (C=O) groups excluding carboxylic acids is 1. The van der Waals surface area contributed by atoms with Crippen molar-refractivity contribution in [2.45, 2.75) is 13.0 Å². The van der Waals surface area contributed by atoms with E-state index >= 15 is 0 Å². The molecule has 0 aliphatic carbocycles. The van der Waals surface area contributed by atoms with Crippen molar-refractivity contribution in [3.63, 3.8) is 0 Å². The number of fused-ring (bicyclic) bond motifs is 3. The van der Waals surface area contributed by atoms with Crippen molar-refractivity contribution in [2.75, 3.05) is 7.05 Å². The van der Waals surface area contributed by atoms with Gasteiger partial charge in [0.1, 0.15) is 11.6 Å². The Morgan fingerprint density at radius 3 is 2.71 bits per heavy atom. The van der Waals surface area contributed by atoms with E-state index < -0.39 is 6.04 Å². The molecule has 0 bridgehead atoms. The number of aryl methyl sites for hydroxylation is 1. The molecule has 1 amide bonds. The van der Waals surface area contributed by atoms with E-state index in [1.165, 1.54) is 4.68 Å². The van der Waals surface area contributed by atoms with Gasteiger partial charge in [-0.25, -0.2) is 4.68 Å². The molecule has 1 atom stereocenters. The lowest BCUT2D eigenvalue weighted by atomic mass is 10.2. The van der Waals surface area contributed by atoms with Crippen molar-refractivity contribution < 1.29 is 4.79 Å². The smallest absolute Gasteiger partial charge is 0.291 e. The van der Waals surface area contributed by atoms with E-state index in [1.807, 2.05) is 24.3 Å². The minimum absolute atomic E-state index is 0.142. The zero-order valence-corrected chi connectivity index (χ0v) is 12.1. The van der Waals surface area contributed by atoms with E-state index in [0.717, 1.165) is 16.3 Å². The minimum Gasteiger partial charge on any atom is -0.357 e. The molecule has 0 saturated heterocycles. The summed E-state index contributed by atoms with van der Waals surface area (Å²) in [6.45, 7) is 1.78. The number of nitrogens with one attached hydrogen (secondary N) is 1. The maximum absolute atomic E-state index is 12.5. The Morgan fingerprint density at radius 2 is 2.00 bits per heavy atom. The first kappa shape index (κ1) is 13.4. The van der Waals surface area contributed by atoms with Crippen LogP contribution >= 0.6 is 0 Å². The number of hydrogen-bond acceptors (Lipinski definition) is 3. The third-order valence-electron chi connectivity index (χ3n) is 3.82. The van der Waals surface area contributed by atoms with Gasteiger partial charge in [0, 0.05) is 24.9 Å². The summed E-state index contributed by atoms with van der Waals surface area (Å²) in [5.41, 5.74) is 1.15. The highest BCUT2D eigenvalue weighted by Crippen LogP contribution is 2.29. The van der Waals surface area contributed by atoms with Crippen LogP contribution in [-0.2, 0) is 11.8 Å². The van der Waals surface area contributed by atoms with Crippen LogP contribution in [0.5, 0.6) is 0 Å². The summed E-state index contributed by atoms with van der Waals surface area (Å²) in [4.78, 5) is 24.5. The Labute approximate surface area is 121 Å². The van der Waals surface area contributed by atoms with Crippen molar-refractivity contribution in [3.8, 4) is 0 Å². The summed E-state index contributed by atoms with van der Waals surface area (Å²) in [5.74, 6) is -0.142. The molecular weight excluding hydrogens is 268 g/mol. The average molecular weight is 284 g/mol. The van der Waals surface area contributed by atoms with Crippen molar-refractivity contribution in [1.29, 1.82) is 0 Å². The Bertz CT molecular complexity index is 907. The van der Waals surface area contributed by atoms with Crippen molar-refractivity contribution in [1.82, 2.24) is 19.7 Å². The molecule has 108 valence electrons. The van der Waals surface area contributed by atoms with E-state index in [-0.39, 0.29) is 11.5 Å². The molecule has 0 radical (unpaired) electrons. The van der Waals surface area contributed by atoms with Gasteiger partial charge in [-0.2, -0.15) is 5.10 Å². The van der Waals surface area contributed by atoms with Gasteiger partial charge in [-0.15, -0.1) is 0 Å². The predicted octanol–water partition coefficient (Wildman–Crippen LogP) is 1.20. The Balaban J connectivity index is 2.52. The average Bonchev–Trinajstić information content (AvgIpc) is 2.84. The lowest BCUT2D eigenvalue weighted by molar-refractivity contribution is -0.123. The van der Waals surface area contributed by atoms with E-state index in [9.17, 15) is 9.59 Å². The maximum atomic E-state index is 12.5. The van der Waals surface area contributed by atoms with Gasteiger partial charge in [-0.3, -0.25) is 9.59 Å². The van der Waals surface area contributed by atoms with E-state index in [2.05, 4.69) is 10.4 Å². The molecule has 0 unspecified atom stereocenters. The second-order valence-electron chi connectivity index (χ2n) is 5.01. The molecule has 2 aromatic heterocycles. The topological polar surface area (TPSA) is 68.9 Å². The summed E-state index contributed by atoms with van der Waals surface area (Å²) in [6.07, 6.45) is 1.67. The number of nitrogens with zero attached hydrogens (tertiary/aromatic N) is 3. The van der Waals surface area contributed by atoms with Crippen LogP contribution in [0.3, 0.4) is 0 Å². The van der Waals surface area contributed by atoms with Crippen LogP contribution in [0, 0.1) is 0 Å². The summed E-state index contributed by atoms with van der Waals surface area (Å²) in [6, 6.07) is 7.17. The zero-order chi connectivity index (χ0) is 15.1. The highest BCUT2D eigenvalue weighted by molar-refractivity contribution is 6.08. The van der Waals surface area contributed by atoms with Crippen LogP contribution in [0.25, 0.3) is 21.8 Å². The van der Waals surface area contributed by atoms with Gasteiger partial charge in [0.05, 0.1) is 11.7 Å². The normalized spacial score (nSPS) is 12.7.